The van der Waals surface area contributed by atoms with Gasteiger partial charge in [-0.3, -0.25) is 0 Å². The Labute approximate surface area is 105 Å². The monoisotopic (exact) mass is 232 g/mol. The lowest BCUT2D eigenvalue weighted by Crippen LogP contribution is -2.28. The Morgan fingerprint density at radius 2 is 2.18 bits per heavy atom. The van der Waals surface area contributed by atoms with Gasteiger partial charge in [0, 0.05) is 12.6 Å². The summed E-state index contributed by atoms with van der Waals surface area (Å²) < 4.78 is 0. The number of hydrogen-bond acceptors (Lipinski definition) is 2. The molecular weight excluding hydrogens is 208 g/mol. The highest BCUT2D eigenvalue weighted by Crippen LogP contribution is 2.11. The number of hydrogen-bond donors (Lipinski definition) is 1. The maximum Gasteiger partial charge on any atom is 0.00514 e. The van der Waals surface area contributed by atoms with Crippen LogP contribution in [0.1, 0.15) is 30.4 Å². The van der Waals surface area contributed by atoms with Crippen molar-refractivity contribution in [3.8, 4) is 0 Å². The molecule has 17 heavy (non-hydrogen) atoms. The van der Waals surface area contributed by atoms with Crippen molar-refractivity contribution >= 4 is 0 Å². The number of benzene rings is 1. The fourth-order valence-corrected chi connectivity index (χ4v) is 2.56. The molecule has 2 N–H and O–H groups in total. The van der Waals surface area contributed by atoms with E-state index in [1.807, 2.05) is 0 Å². The van der Waals surface area contributed by atoms with Crippen LogP contribution in [0.5, 0.6) is 0 Å². The maximum absolute atomic E-state index is 6.00. The van der Waals surface area contributed by atoms with E-state index in [9.17, 15) is 0 Å². The van der Waals surface area contributed by atoms with Gasteiger partial charge in [-0.15, -0.1) is 0 Å². The van der Waals surface area contributed by atoms with E-state index in [0.29, 0.717) is 6.04 Å². The van der Waals surface area contributed by atoms with Gasteiger partial charge < -0.3 is 10.6 Å². The summed E-state index contributed by atoms with van der Waals surface area (Å²) in [6.07, 6.45) is 4.78. The molecule has 1 aromatic rings. The second-order valence-electron chi connectivity index (χ2n) is 5.27. The second-order valence-corrected chi connectivity index (χ2v) is 5.27. The van der Waals surface area contributed by atoms with Crippen LogP contribution in [0, 0.1) is 6.92 Å². The standard InChI is InChI=1S/C15H24N2/c1-13-4-2-5-14(12-13)7-10-17-9-3-6-15(16)8-11-17/h2,4-5,12,15H,3,6-11,16H2,1H3. The van der Waals surface area contributed by atoms with Crippen LogP contribution >= 0.6 is 0 Å². The molecule has 0 aromatic heterocycles. The van der Waals surface area contributed by atoms with Crippen molar-refractivity contribution in [2.75, 3.05) is 19.6 Å². The van der Waals surface area contributed by atoms with Crippen molar-refractivity contribution in [1.82, 2.24) is 4.90 Å². The average Bonchev–Trinajstić information content (AvgIpc) is 2.52. The molecular formula is C15H24N2. The van der Waals surface area contributed by atoms with Crippen LogP contribution in [0.25, 0.3) is 0 Å². The Bertz CT molecular complexity index is 349. The normalized spacial score (nSPS) is 22.4. The van der Waals surface area contributed by atoms with Crippen LogP contribution in [-0.2, 0) is 6.42 Å². The van der Waals surface area contributed by atoms with Crippen molar-refractivity contribution in [2.24, 2.45) is 5.73 Å². The zero-order valence-electron chi connectivity index (χ0n) is 10.9. The van der Waals surface area contributed by atoms with E-state index in [-0.39, 0.29) is 0 Å². The summed E-state index contributed by atoms with van der Waals surface area (Å²) in [7, 11) is 0. The van der Waals surface area contributed by atoms with E-state index in [4.69, 9.17) is 5.73 Å². The fourth-order valence-electron chi connectivity index (χ4n) is 2.56. The molecule has 1 saturated heterocycles. The summed E-state index contributed by atoms with van der Waals surface area (Å²) in [6, 6.07) is 9.27. The van der Waals surface area contributed by atoms with E-state index in [1.54, 1.807) is 0 Å². The van der Waals surface area contributed by atoms with Crippen molar-refractivity contribution < 1.29 is 0 Å². The molecule has 1 atom stereocenters. The minimum atomic E-state index is 0.430. The minimum Gasteiger partial charge on any atom is -0.328 e. The Balaban J connectivity index is 1.81. The highest BCUT2D eigenvalue weighted by atomic mass is 15.1. The molecule has 0 radical (unpaired) electrons. The first-order valence-electron chi connectivity index (χ1n) is 6.77. The minimum absolute atomic E-state index is 0.430. The topological polar surface area (TPSA) is 29.3 Å². The largest absolute Gasteiger partial charge is 0.328 e. The Morgan fingerprint density at radius 1 is 1.29 bits per heavy atom. The quantitative estimate of drug-likeness (QED) is 0.867. The van der Waals surface area contributed by atoms with E-state index in [2.05, 4.69) is 36.1 Å². The van der Waals surface area contributed by atoms with Crippen LogP contribution in [0.15, 0.2) is 24.3 Å². The third kappa shape index (κ3) is 4.14. The number of nitrogens with two attached hydrogens (primary N) is 1. The van der Waals surface area contributed by atoms with Crippen LogP contribution in [0.2, 0.25) is 0 Å². The SMILES string of the molecule is Cc1cccc(CCN2CCCC(N)CC2)c1. The lowest BCUT2D eigenvalue weighted by atomic mass is 10.1. The first-order valence-corrected chi connectivity index (χ1v) is 6.77. The molecule has 1 aliphatic rings. The Kier molecular flexibility index (Phi) is 4.57. The number of likely N-dealkylation sites (tertiary alicyclic amines) is 1. The van der Waals surface area contributed by atoms with Gasteiger partial charge in [0.2, 0.25) is 0 Å². The molecule has 0 amide bonds. The van der Waals surface area contributed by atoms with Crippen LogP contribution in [0.3, 0.4) is 0 Å². The summed E-state index contributed by atoms with van der Waals surface area (Å²) in [5.41, 5.74) is 8.82. The van der Waals surface area contributed by atoms with E-state index >= 15 is 0 Å². The third-order valence-electron chi connectivity index (χ3n) is 3.66. The van der Waals surface area contributed by atoms with Gasteiger partial charge in [0.05, 0.1) is 0 Å². The smallest absolute Gasteiger partial charge is 0.00514 e. The van der Waals surface area contributed by atoms with Gasteiger partial charge >= 0.3 is 0 Å². The molecule has 0 bridgehead atoms. The number of nitrogens with zero attached hydrogens (tertiary/aromatic N) is 1. The lowest BCUT2D eigenvalue weighted by Gasteiger charge is -2.19. The molecule has 94 valence electrons. The van der Waals surface area contributed by atoms with Crippen molar-refractivity contribution in [3.63, 3.8) is 0 Å². The molecule has 0 saturated carbocycles. The molecule has 1 aliphatic heterocycles. The van der Waals surface area contributed by atoms with Gasteiger partial charge in [-0.25, -0.2) is 0 Å². The molecule has 1 heterocycles. The second kappa shape index (κ2) is 6.18. The number of aryl methyl sites for hydroxylation is 1. The zero-order chi connectivity index (χ0) is 12.1. The van der Waals surface area contributed by atoms with Gasteiger partial charge in [-0.1, -0.05) is 29.8 Å². The van der Waals surface area contributed by atoms with Gasteiger partial charge in [0.25, 0.3) is 0 Å². The van der Waals surface area contributed by atoms with Crippen molar-refractivity contribution in [1.29, 1.82) is 0 Å². The van der Waals surface area contributed by atoms with Gasteiger partial charge in [-0.2, -0.15) is 0 Å². The number of rotatable bonds is 3. The van der Waals surface area contributed by atoms with Crippen molar-refractivity contribution in [2.45, 2.75) is 38.6 Å². The molecule has 2 heteroatoms. The summed E-state index contributed by atoms with van der Waals surface area (Å²) in [6.45, 7) is 5.73. The Hall–Kier alpha value is -0.860. The summed E-state index contributed by atoms with van der Waals surface area (Å²) in [5.74, 6) is 0. The molecule has 0 spiro atoms. The van der Waals surface area contributed by atoms with E-state index in [1.165, 1.54) is 43.6 Å². The van der Waals surface area contributed by atoms with Crippen LogP contribution in [0.4, 0.5) is 0 Å². The van der Waals surface area contributed by atoms with Crippen LogP contribution in [-0.4, -0.2) is 30.6 Å². The Morgan fingerprint density at radius 3 is 3.00 bits per heavy atom. The first kappa shape index (κ1) is 12.6. The average molecular weight is 232 g/mol. The van der Waals surface area contributed by atoms with E-state index in [0.717, 1.165) is 12.8 Å². The van der Waals surface area contributed by atoms with Crippen molar-refractivity contribution in [3.05, 3.63) is 35.4 Å². The molecule has 0 aliphatic carbocycles. The predicted octanol–water partition coefficient (Wildman–Crippen LogP) is 2.35. The summed E-state index contributed by atoms with van der Waals surface area (Å²) in [4.78, 5) is 2.56. The fraction of sp³-hybridized carbons (Fsp3) is 0.600. The van der Waals surface area contributed by atoms with E-state index < -0.39 is 0 Å². The first-order chi connectivity index (χ1) is 8.24. The highest BCUT2D eigenvalue weighted by molar-refractivity contribution is 5.22. The predicted molar refractivity (Wildman–Crippen MR) is 73.1 cm³/mol. The summed E-state index contributed by atoms with van der Waals surface area (Å²) in [5, 5.41) is 0. The van der Waals surface area contributed by atoms with Gasteiger partial charge in [0.1, 0.15) is 0 Å². The van der Waals surface area contributed by atoms with Crippen LogP contribution < -0.4 is 5.73 Å². The summed E-state index contributed by atoms with van der Waals surface area (Å²) >= 11 is 0. The zero-order valence-corrected chi connectivity index (χ0v) is 10.9. The molecule has 2 rings (SSSR count). The molecule has 1 aromatic carbocycles. The molecule has 2 nitrogen and oxygen atoms in total. The highest BCUT2D eigenvalue weighted by Gasteiger charge is 2.13. The van der Waals surface area contributed by atoms with Gasteiger partial charge in [-0.05, 0) is 51.3 Å². The molecule has 1 unspecified atom stereocenters. The molecule has 1 fully saturated rings. The van der Waals surface area contributed by atoms with Gasteiger partial charge in [0.15, 0.2) is 0 Å². The maximum atomic E-state index is 6.00. The third-order valence-corrected chi connectivity index (χ3v) is 3.66. The lowest BCUT2D eigenvalue weighted by molar-refractivity contribution is 0.287.